The topological polar surface area (TPSA) is 37.6 Å². The predicted octanol–water partition coefficient (Wildman–Crippen LogP) is 3.77. The lowest BCUT2D eigenvalue weighted by molar-refractivity contribution is -0.121. The van der Waals surface area contributed by atoms with Crippen LogP contribution in [0, 0.1) is 0 Å². The fraction of sp³-hybridized carbons (Fsp3) is 0.125. The smallest absolute Gasteiger partial charge is 0.266 e. The molecule has 6 heteroatoms. The van der Waals surface area contributed by atoms with Gasteiger partial charge in [0.25, 0.3) is 5.91 Å². The second kappa shape index (κ2) is 6.14. The highest BCUT2D eigenvalue weighted by atomic mass is 79.9. The highest BCUT2D eigenvalue weighted by Gasteiger charge is 2.29. The monoisotopic (exact) mass is 375 g/mol. The van der Waals surface area contributed by atoms with E-state index in [0.717, 1.165) is 21.0 Å². The van der Waals surface area contributed by atoms with Crippen molar-refractivity contribution in [2.24, 2.45) is 4.99 Å². The lowest BCUT2D eigenvalue weighted by Crippen LogP contribution is -2.23. The Balaban J connectivity index is 2.00. The summed E-state index contributed by atoms with van der Waals surface area (Å²) in [6.07, 6.45) is 3.89. The summed E-state index contributed by atoms with van der Waals surface area (Å²) in [4.78, 5) is 18.6. The van der Waals surface area contributed by atoms with Gasteiger partial charge in [-0.2, -0.15) is 0 Å². The van der Waals surface area contributed by atoms with Gasteiger partial charge in [-0.15, -0.1) is 0 Å². The van der Waals surface area contributed by atoms with Crippen LogP contribution in [0.5, 0.6) is 0 Å². The highest BCUT2D eigenvalue weighted by Crippen LogP contribution is 2.31. The number of hydrogen-bond acceptors (Lipinski definition) is 3. The number of rotatable bonds is 2. The van der Waals surface area contributed by atoms with Crippen LogP contribution in [0.25, 0.3) is 11.8 Å². The molecule has 0 saturated carbocycles. The molecule has 0 aliphatic carbocycles. The fourth-order valence-corrected chi connectivity index (χ4v) is 3.56. The summed E-state index contributed by atoms with van der Waals surface area (Å²) in [6, 6.07) is 12.0. The first kappa shape index (κ1) is 15.1. The van der Waals surface area contributed by atoms with Gasteiger partial charge in [0.1, 0.15) is 0 Å². The lowest BCUT2D eigenvalue weighted by Gasteiger charge is -2.07. The second-order valence-corrected chi connectivity index (χ2v) is 6.69. The van der Waals surface area contributed by atoms with Gasteiger partial charge in [-0.3, -0.25) is 14.7 Å². The molecule has 1 aliphatic heterocycles. The minimum atomic E-state index is -0.0207. The number of nitrogens with zero attached hydrogens (tertiary/aromatic N) is 3. The van der Waals surface area contributed by atoms with Crippen molar-refractivity contribution in [1.29, 1.82) is 0 Å². The van der Waals surface area contributed by atoms with Crippen LogP contribution in [0.15, 0.2) is 57.0 Å². The first-order valence-corrected chi connectivity index (χ1v) is 8.29. The molecule has 0 unspecified atom stereocenters. The number of amides is 1. The zero-order chi connectivity index (χ0) is 15.7. The summed E-state index contributed by atoms with van der Waals surface area (Å²) in [5.74, 6) is -0.0207. The molecule has 1 fully saturated rings. The van der Waals surface area contributed by atoms with E-state index < -0.39 is 0 Å². The van der Waals surface area contributed by atoms with Gasteiger partial charge in [0.05, 0.1) is 4.91 Å². The van der Waals surface area contributed by atoms with Crippen LogP contribution in [0.4, 0.5) is 0 Å². The Morgan fingerprint density at radius 1 is 1.27 bits per heavy atom. The van der Waals surface area contributed by atoms with Crippen LogP contribution in [0.1, 0.15) is 5.69 Å². The Hall–Kier alpha value is -1.79. The molecule has 0 radical (unpaired) electrons. The van der Waals surface area contributed by atoms with E-state index >= 15 is 0 Å². The molecule has 1 amide bonds. The molecule has 1 aromatic carbocycles. The third-order valence-corrected chi connectivity index (χ3v) is 4.99. The van der Waals surface area contributed by atoms with E-state index in [-0.39, 0.29) is 5.91 Å². The SMILES string of the molecule is CN=C1S/C(=C/c2cccn2-c2cccc(Br)c2)C(=O)N1C. The summed E-state index contributed by atoms with van der Waals surface area (Å²) in [6.45, 7) is 0. The van der Waals surface area contributed by atoms with Gasteiger partial charge in [-0.05, 0) is 48.2 Å². The average molecular weight is 376 g/mol. The van der Waals surface area contributed by atoms with Gasteiger partial charge in [-0.25, -0.2) is 0 Å². The maximum atomic E-state index is 12.2. The molecule has 1 aliphatic rings. The number of benzene rings is 1. The zero-order valence-electron chi connectivity index (χ0n) is 12.2. The molecule has 2 heterocycles. The van der Waals surface area contributed by atoms with Gasteiger partial charge >= 0.3 is 0 Å². The Kier molecular flexibility index (Phi) is 4.22. The molecule has 3 rings (SSSR count). The fourth-order valence-electron chi connectivity index (χ4n) is 2.26. The zero-order valence-corrected chi connectivity index (χ0v) is 14.6. The Morgan fingerprint density at radius 3 is 2.77 bits per heavy atom. The predicted molar refractivity (Wildman–Crippen MR) is 95.2 cm³/mol. The summed E-state index contributed by atoms with van der Waals surface area (Å²) in [5, 5.41) is 0.719. The summed E-state index contributed by atoms with van der Waals surface area (Å²) >= 11 is 4.88. The van der Waals surface area contributed by atoms with Crippen molar-refractivity contribution in [2.45, 2.75) is 0 Å². The van der Waals surface area contributed by atoms with Gasteiger partial charge in [0.2, 0.25) is 0 Å². The molecule has 2 aromatic rings. The van der Waals surface area contributed by atoms with E-state index in [1.165, 1.54) is 11.8 Å². The lowest BCUT2D eigenvalue weighted by atomic mass is 10.3. The summed E-state index contributed by atoms with van der Waals surface area (Å²) in [7, 11) is 3.44. The normalized spacial score (nSPS) is 18.7. The molecule has 1 saturated heterocycles. The number of halogens is 1. The Labute approximate surface area is 141 Å². The number of amidine groups is 1. The van der Waals surface area contributed by atoms with E-state index in [4.69, 9.17) is 0 Å². The minimum absolute atomic E-state index is 0.0207. The van der Waals surface area contributed by atoms with Crippen molar-refractivity contribution in [3.63, 3.8) is 0 Å². The van der Waals surface area contributed by atoms with Crippen molar-refractivity contribution in [1.82, 2.24) is 9.47 Å². The number of aromatic nitrogens is 1. The van der Waals surface area contributed by atoms with Crippen LogP contribution in [-0.2, 0) is 4.79 Å². The maximum absolute atomic E-state index is 12.2. The van der Waals surface area contributed by atoms with Crippen molar-refractivity contribution < 1.29 is 4.79 Å². The molecule has 0 spiro atoms. The summed E-state index contributed by atoms with van der Waals surface area (Å²) < 4.78 is 3.07. The van der Waals surface area contributed by atoms with Crippen LogP contribution < -0.4 is 0 Å². The quantitative estimate of drug-likeness (QED) is 0.749. The highest BCUT2D eigenvalue weighted by molar-refractivity contribution is 9.10. The number of carbonyl (C=O) groups excluding carboxylic acids is 1. The van der Waals surface area contributed by atoms with E-state index in [9.17, 15) is 4.79 Å². The number of likely N-dealkylation sites (N-methyl/N-ethyl adjacent to an activating group) is 1. The van der Waals surface area contributed by atoms with E-state index in [1.807, 2.05) is 53.2 Å². The number of thioether (sulfide) groups is 1. The molecular formula is C16H14BrN3OS. The van der Waals surface area contributed by atoms with Gasteiger partial charge in [-0.1, -0.05) is 22.0 Å². The second-order valence-electron chi connectivity index (χ2n) is 4.76. The van der Waals surface area contributed by atoms with E-state index in [2.05, 4.69) is 20.9 Å². The van der Waals surface area contributed by atoms with Gasteiger partial charge in [0.15, 0.2) is 5.17 Å². The third kappa shape index (κ3) is 2.76. The molecule has 1 aromatic heterocycles. The van der Waals surface area contributed by atoms with Crippen molar-refractivity contribution in [3.8, 4) is 5.69 Å². The van der Waals surface area contributed by atoms with Crippen molar-refractivity contribution >= 4 is 44.8 Å². The minimum Gasteiger partial charge on any atom is -0.317 e. The average Bonchev–Trinajstić information content (AvgIpc) is 3.07. The number of aliphatic imine (C=N–C) groups is 1. The largest absolute Gasteiger partial charge is 0.317 e. The molecule has 0 bridgehead atoms. The molecule has 0 N–H and O–H groups in total. The molecule has 22 heavy (non-hydrogen) atoms. The molecule has 112 valence electrons. The summed E-state index contributed by atoms with van der Waals surface area (Å²) in [5.41, 5.74) is 2.00. The van der Waals surface area contributed by atoms with Crippen LogP contribution >= 0.6 is 27.7 Å². The van der Waals surface area contributed by atoms with Crippen LogP contribution in [0.3, 0.4) is 0 Å². The first-order chi connectivity index (χ1) is 10.6. The Morgan fingerprint density at radius 2 is 2.09 bits per heavy atom. The third-order valence-electron chi connectivity index (χ3n) is 3.34. The molecule has 4 nitrogen and oxygen atoms in total. The first-order valence-electron chi connectivity index (χ1n) is 6.68. The Bertz CT molecular complexity index is 794. The standard InChI is InChI=1S/C16H14BrN3OS/c1-18-16-19(2)15(21)14(22-16)10-13-7-4-8-20(13)12-6-3-5-11(17)9-12/h3-10H,1-2H3/b14-10+,18-16?. The van der Waals surface area contributed by atoms with Gasteiger partial charge in [0, 0.05) is 36.1 Å². The van der Waals surface area contributed by atoms with Crippen molar-refractivity contribution in [2.75, 3.05) is 14.1 Å². The molecule has 0 atom stereocenters. The van der Waals surface area contributed by atoms with Crippen molar-refractivity contribution in [3.05, 3.63) is 57.7 Å². The van der Waals surface area contributed by atoms with E-state index in [1.54, 1.807) is 19.0 Å². The van der Waals surface area contributed by atoms with E-state index in [0.29, 0.717) is 4.91 Å². The molecular weight excluding hydrogens is 362 g/mol. The van der Waals surface area contributed by atoms with Crippen LogP contribution in [0.2, 0.25) is 0 Å². The number of carbonyl (C=O) groups is 1. The van der Waals surface area contributed by atoms with Crippen LogP contribution in [-0.4, -0.2) is 34.6 Å². The van der Waals surface area contributed by atoms with Gasteiger partial charge < -0.3 is 4.57 Å². The number of hydrogen-bond donors (Lipinski definition) is 0. The maximum Gasteiger partial charge on any atom is 0.266 e.